The van der Waals surface area contributed by atoms with Crippen molar-refractivity contribution in [1.82, 2.24) is 0 Å². The Bertz CT molecular complexity index is 665. The molecule has 2 rings (SSSR count). The minimum Gasteiger partial charge on any atom is -0.490 e. The van der Waals surface area contributed by atoms with Crippen LogP contribution in [0.3, 0.4) is 0 Å². The Hall–Kier alpha value is -2.49. The normalized spacial score (nSPS) is 12.2. The summed E-state index contributed by atoms with van der Waals surface area (Å²) in [5.74, 6) is 0.714. The maximum absolute atomic E-state index is 12.5. The van der Waals surface area contributed by atoms with Crippen LogP contribution in [0.2, 0.25) is 0 Å². The van der Waals surface area contributed by atoms with Crippen molar-refractivity contribution in [2.75, 3.05) is 6.61 Å². The average Bonchev–Trinajstić information content (AvgIpc) is 2.55. The van der Waals surface area contributed by atoms with Gasteiger partial charge in [0.25, 0.3) is 0 Å². The number of ether oxygens (including phenoxy) is 1. The molecule has 0 amide bonds. The summed E-state index contributed by atoms with van der Waals surface area (Å²) in [7, 11) is 0. The Morgan fingerprint density at radius 2 is 1.43 bits per heavy atom. The van der Waals surface area contributed by atoms with Crippen molar-refractivity contribution in [1.29, 1.82) is 0 Å². The van der Waals surface area contributed by atoms with Crippen molar-refractivity contribution in [3.8, 4) is 16.9 Å². The van der Waals surface area contributed by atoms with E-state index in [-0.39, 0.29) is 0 Å². The van der Waals surface area contributed by atoms with Gasteiger partial charge >= 0.3 is 6.18 Å². The van der Waals surface area contributed by atoms with Crippen molar-refractivity contribution in [3.05, 3.63) is 78.4 Å². The number of alkyl halides is 3. The molecule has 0 heterocycles. The molecule has 0 saturated carbocycles. The van der Waals surface area contributed by atoms with Gasteiger partial charge in [0.2, 0.25) is 0 Å². The zero-order valence-electron chi connectivity index (χ0n) is 12.7. The molecule has 2 aromatic rings. The zero-order valence-corrected chi connectivity index (χ0v) is 12.7. The van der Waals surface area contributed by atoms with Gasteiger partial charge in [0.05, 0.1) is 5.56 Å². The van der Waals surface area contributed by atoms with E-state index in [2.05, 4.69) is 0 Å². The van der Waals surface area contributed by atoms with Crippen molar-refractivity contribution in [2.24, 2.45) is 0 Å². The molecule has 120 valence electrons. The van der Waals surface area contributed by atoms with E-state index in [1.807, 2.05) is 43.4 Å². The number of allylic oxidation sites excluding steroid dienone is 3. The third-order valence-corrected chi connectivity index (χ3v) is 3.19. The lowest BCUT2D eigenvalue weighted by molar-refractivity contribution is -0.137. The minimum atomic E-state index is -4.31. The largest absolute Gasteiger partial charge is 0.490 e. The number of benzene rings is 2. The Morgan fingerprint density at radius 1 is 0.870 bits per heavy atom. The lowest BCUT2D eigenvalue weighted by Crippen LogP contribution is -2.03. The summed E-state index contributed by atoms with van der Waals surface area (Å²) < 4.78 is 43.2. The summed E-state index contributed by atoms with van der Waals surface area (Å²) >= 11 is 0. The topological polar surface area (TPSA) is 9.23 Å². The Kier molecular flexibility index (Phi) is 5.63. The van der Waals surface area contributed by atoms with Gasteiger partial charge in [0.15, 0.2) is 0 Å². The summed E-state index contributed by atoms with van der Waals surface area (Å²) in [5.41, 5.74) is 0.933. The third-order valence-electron chi connectivity index (χ3n) is 3.19. The molecular formula is C19H17F3O. The highest BCUT2D eigenvalue weighted by atomic mass is 19.4. The molecular weight excluding hydrogens is 301 g/mol. The highest BCUT2D eigenvalue weighted by Gasteiger charge is 2.29. The molecule has 1 nitrogen and oxygen atoms in total. The van der Waals surface area contributed by atoms with E-state index in [9.17, 15) is 13.2 Å². The fourth-order valence-corrected chi connectivity index (χ4v) is 1.98. The van der Waals surface area contributed by atoms with E-state index in [1.54, 1.807) is 12.1 Å². The lowest BCUT2D eigenvalue weighted by atomic mass is 10.0. The number of halogens is 3. The third kappa shape index (κ3) is 5.02. The molecule has 0 N–H and O–H groups in total. The van der Waals surface area contributed by atoms with Gasteiger partial charge in [-0.15, -0.1) is 0 Å². The van der Waals surface area contributed by atoms with E-state index in [1.165, 1.54) is 12.1 Å². The molecule has 23 heavy (non-hydrogen) atoms. The molecule has 0 aliphatic heterocycles. The van der Waals surface area contributed by atoms with Crippen LogP contribution in [-0.4, -0.2) is 6.61 Å². The molecule has 0 aliphatic rings. The molecule has 0 spiro atoms. The summed E-state index contributed by atoms with van der Waals surface area (Å²) in [6.45, 7) is 2.40. The molecule has 0 unspecified atom stereocenters. The fraction of sp³-hybridized carbons (Fsp3) is 0.158. The monoisotopic (exact) mass is 318 g/mol. The van der Waals surface area contributed by atoms with Crippen LogP contribution >= 0.6 is 0 Å². The second-order valence-corrected chi connectivity index (χ2v) is 4.86. The Balaban J connectivity index is 2.02. The van der Waals surface area contributed by atoms with Crippen LogP contribution in [0.4, 0.5) is 13.2 Å². The fourth-order valence-electron chi connectivity index (χ4n) is 1.98. The van der Waals surface area contributed by atoms with E-state index in [0.717, 1.165) is 23.3 Å². The maximum atomic E-state index is 12.5. The summed E-state index contributed by atoms with van der Waals surface area (Å²) in [4.78, 5) is 0. The standard InChI is InChI=1S/C19H17F3O/c1-2-3-4-5-14-23-18-12-8-16(9-13-18)15-6-10-17(11-7-15)19(20,21)22/h2-13H,14H2,1H3/b3-2+,5-4+. The van der Waals surface area contributed by atoms with E-state index in [0.29, 0.717) is 12.4 Å². The van der Waals surface area contributed by atoms with Gasteiger partial charge in [-0.05, 0) is 48.4 Å². The van der Waals surface area contributed by atoms with Crippen molar-refractivity contribution in [3.63, 3.8) is 0 Å². The number of hydrogen-bond acceptors (Lipinski definition) is 1. The SMILES string of the molecule is C/C=C/C=C/COc1ccc(-c2ccc(C(F)(F)F)cc2)cc1. The second kappa shape index (κ2) is 7.68. The van der Waals surface area contributed by atoms with Gasteiger partial charge in [-0.2, -0.15) is 13.2 Å². The predicted molar refractivity (Wildman–Crippen MR) is 86.3 cm³/mol. The van der Waals surface area contributed by atoms with Gasteiger partial charge in [-0.1, -0.05) is 42.5 Å². The van der Waals surface area contributed by atoms with Crippen LogP contribution in [0, 0.1) is 0 Å². The smallest absolute Gasteiger partial charge is 0.416 e. The molecule has 0 atom stereocenters. The van der Waals surface area contributed by atoms with E-state index >= 15 is 0 Å². The van der Waals surface area contributed by atoms with E-state index < -0.39 is 11.7 Å². The Labute approximate surface area is 133 Å². The first-order valence-electron chi connectivity index (χ1n) is 7.19. The van der Waals surface area contributed by atoms with Gasteiger partial charge < -0.3 is 4.74 Å². The lowest BCUT2D eigenvalue weighted by Gasteiger charge is -2.08. The molecule has 0 bridgehead atoms. The average molecular weight is 318 g/mol. The van der Waals surface area contributed by atoms with Crippen molar-refractivity contribution in [2.45, 2.75) is 13.1 Å². The number of hydrogen-bond donors (Lipinski definition) is 0. The first-order valence-corrected chi connectivity index (χ1v) is 7.19. The molecule has 0 saturated heterocycles. The van der Waals surface area contributed by atoms with Crippen LogP contribution in [0.15, 0.2) is 72.8 Å². The zero-order chi connectivity index (χ0) is 16.7. The van der Waals surface area contributed by atoms with Crippen LogP contribution < -0.4 is 4.74 Å². The molecule has 2 aromatic carbocycles. The van der Waals surface area contributed by atoms with Crippen molar-refractivity contribution < 1.29 is 17.9 Å². The number of rotatable bonds is 5. The van der Waals surface area contributed by atoms with Crippen LogP contribution in [0.25, 0.3) is 11.1 Å². The highest BCUT2D eigenvalue weighted by molar-refractivity contribution is 5.64. The molecule has 0 radical (unpaired) electrons. The van der Waals surface area contributed by atoms with Crippen LogP contribution in [-0.2, 0) is 6.18 Å². The van der Waals surface area contributed by atoms with Crippen LogP contribution in [0.1, 0.15) is 12.5 Å². The first-order chi connectivity index (χ1) is 11.0. The highest BCUT2D eigenvalue weighted by Crippen LogP contribution is 2.31. The quantitative estimate of drug-likeness (QED) is 0.625. The van der Waals surface area contributed by atoms with Gasteiger partial charge in [-0.3, -0.25) is 0 Å². The molecule has 4 heteroatoms. The predicted octanol–water partition coefficient (Wildman–Crippen LogP) is 5.88. The second-order valence-electron chi connectivity index (χ2n) is 4.86. The minimum absolute atomic E-state index is 0.462. The van der Waals surface area contributed by atoms with Gasteiger partial charge in [0.1, 0.15) is 12.4 Å². The van der Waals surface area contributed by atoms with Gasteiger partial charge in [0, 0.05) is 0 Å². The van der Waals surface area contributed by atoms with Crippen molar-refractivity contribution >= 4 is 0 Å². The maximum Gasteiger partial charge on any atom is 0.416 e. The summed E-state index contributed by atoms with van der Waals surface area (Å²) in [5, 5.41) is 0. The molecule has 0 fully saturated rings. The van der Waals surface area contributed by atoms with Crippen LogP contribution in [0.5, 0.6) is 5.75 Å². The summed E-state index contributed by atoms with van der Waals surface area (Å²) in [6.07, 6.45) is 3.32. The van der Waals surface area contributed by atoms with Gasteiger partial charge in [-0.25, -0.2) is 0 Å². The van der Waals surface area contributed by atoms with E-state index in [4.69, 9.17) is 4.74 Å². The molecule has 0 aliphatic carbocycles. The summed E-state index contributed by atoms with van der Waals surface area (Å²) in [6, 6.07) is 12.4. The Morgan fingerprint density at radius 3 is 1.96 bits per heavy atom. The first kappa shape index (κ1) is 16.9. The molecule has 0 aromatic heterocycles.